The minimum absolute atomic E-state index is 0.212. The number of nitrogens with zero attached hydrogens (tertiary/aromatic N) is 4. The van der Waals surface area contributed by atoms with E-state index in [1.807, 2.05) is 31.7 Å². The van der Waals surface area contributed by atoms with Crippen LogP contribution in [0.4, 0.5) is 4.39 Å². The quantitative estimate of drug-likeness (QED) is 0.819. The normalized spacial score (nSPS) is 11.1. The van der Waals surface area contributed by atoms with Gasteiger partial charge in [-0.25, -0.2) is 4.39 Å². The Morgan fingerprint density at radius 1 is 1.36 bits per heavy atom. The Bertz CT molecular complexity index is 675. The summed E-state index contributed by atoms with van der Waals surface area (Å²) < 4.78 is 19.2. The van der Waals surface area contributed by atoms with Crippen LogP contribution in [-0.4, -0.2) is 21.6 Å². The molecule has 0 atom stereocenters. The summed E-state index contributed by atoms with van der Waals surface area (Å²) >= 11 is 0. The van der Waals surface area contributed by atoms with E-state index in [9.17, 15) is 4.39 Å². The molecular formula is C16H19FN4O. The number of hydrogen-bond donors (Lipinski definition) is 0. The van der Waals surface area contributed by atoms with Gasteiger partial charge in [0.05, 0.1) is 18.2 Å². The average molecular weight is 302 g/mol. The van der Waals surface area contributed by atoms with Crippen molar-refractivity contribution < 1.29 is 8.91 Å². The van der Waals surface area contributed by atoms with Gasteiger partial charge >= 0.3 is 0 Å². The Balaban J connectivity index is 2.07. The molecule has 0 saturated carbocycles. The predicted molar refractivity (Wildman–Crippen MR) is 79.3 cm³/mol. The lowest BCUT2D eigenvalue weighted by molar-refractivity contribution is 0.226. The lowest BCUT2D eigenvalue weighted by Crippen LogP contribution is -2.23. The van der Waals surface area contributed by atoms with E-state index in [-0.39, 0.29) is 11.7 Å². The fourth-order valence-corrected chi connectivity index (χ4v) is 2.02. The van der Waals surface area contributed by atoms with Crippen molar-refractivity contribution in [3.05, 3.63) is 46.9 Å². The Hall–Kier alpha value is -2.26. The van der Waals surface area contributed by atoms with Gasteiger partial charge in [-0.2, -0.15) is 10.2 Å². The van der Waals surface area contributed by atoms with Crippen LogP contribution in [0.5, 0.6) is 0 Å². The molecule has 2 aromatic rings. The number of hydrogen-bond acceptors (Lipinski definition) is 5. The first-order chi connectivity index (χ1) is 10.5. The monoisotopic (exact) mass is 302 g/mol. The molecule has 116 valence electrons. The van der Waals surface area contributed by atoms with Gasteiger partial charge in [-0.05, 0) is 18.7 Å². The zero-order valence-electron chi connectivity index (χ0n) is 13.0. The number of benzene rings is 1. The molecule has 0 unspecified atom stereocenters. The topological polar surface area (TPSA) is 66.0 Å². The summed E-state index contributed by atoms with van der Waals surface area (Å²) in [6.45, 7) is 7.60. The van der Waals surface area contributed by atoms with E-state index in [4.69, 9.17) is 9.78 Å². The maximum absolute atomic E-state index is 14.0. The minimum Gasteiger partial charge on any atom is -0.338 e. The van der Waals surface area contributed by atoms with Crippen molar-refractivity contribution in [2.75, 3.05) is 6.54 Å². The third-order valence-corrected chi connectivity index (χ3v) is 3.38. The molecule has 1 heterocycles. The second-order valence-corrected chi connectivity index (χ2v) is 5.42. The fraction of sp³-hybridized carbons (Fsp3) is 0.438. The molecule has 1 aromatic heterocycles. The van der Waals surface area contributed by atoms with E-state index >= 15 is 0 Å². The third-order valence-electron chi connectivity index (χ3n) is 3.38. The summed E-state index contributed by atoms with van der Waals surface area (Å²) in [6.07, 6.45) is 0. The van der Waals surface area contributed by atoms with Crippen LogP contribution in [0.15, 0.2) is 22.7 Å². The zero-order chi connectivity index (χ0) is 16.1. The van der Waals surface area contributed by atoms with Gasteiger partial charge in [-0.1, -0.05) is 32.0 Å². The first-order valence-electron chi connectivity index (χ1n) is 7.26. The van der Waals surface area contributed by atoms with Crippen molar-refractivity contribution >= 4 is 0 Å². The highest BCUT2D eigenvalue weighted by Gasteiger charge is 2.14. The van der Waals surface area contributed by atoms with E-state index in [0.717, 1.165) is 6.54 Å². The van der Waals surface area contributed by atoms with Gasteiger partial charge < -0.3 is 4.52 Å². The molecule has 0 spiro atoms. The lowest BCUT2D eigenvalue weighted by Gasteiger charge is -2.18. The Morgan fingerprint density at radius 3 is 2.68 bits per heavy atom. The van der Waals surface area contributed by atoms with Crippen LogP contribution in [0.25, 0.3) is 0 Å². The predicted octanol–water partition coefficient (Wildman–Crippen LogP) is 3.23. The lowest BCUT2D eigenvalue weighted by atomic mass is 10.1. The van der Waals surface area contributed by atoms with Gasteiger partial charge in [0, 0.05) is 18.0 Å². The first-order valence-corrected chi connectivity index (χ1v) is 7.26. The number of rotatable bonds is 6. The van der Waals surface area contributed by atoms with Gasteiger partial charge in [-0.15, -0.1) is 0 Å². The molecule has 22 heavy (non-hydrogen) atoms. The van der Waals surface area contributed by atoms with Crippen molar-refractivity contribution in [2.24, 2.45) is 0 Å². The highest BCUT2D eigenvalue weighted by atomic mass is 19.1. The zero-order valence-corrected chi connectivity index (χ0v) is 13.0. The van der Waals surface area contributed by atoms with E-state index in [1.165, 1.54) is 6.07 Å². The molecule has 0 N–H and O–H groups in total. The largest absolute Gasteiger partial charge is 0.338 e. The summed E-state index contributed by atoms with van der Waals surface area (Å²) in [5, 5.41) is 12.7. The molecule has 1 aromatic carbocycles. The Kier molecular flexibility index (Phi) is 5.23. The van der Waals surface area contributed by atoms with Gasteiger partial charge in [0.1, 0.15) is 5.82 Å². The SMILES string of the molecule is CCN(Cc1nc(C(C)C)no1)Cc1ccc(C#N)cc1F. The molecule has 0 aliphatic carbocycles. The van der Waals surface area contributed by atoms with Crippen LogP contribution in [0, 0.1) is 17.1 Å². The highest BCUT2D eigenvalue weighted by Crippen LogP contribution is 2.15. The van der Waals surface area contributed by atoms with E-state index < -0.39 is 0 Å². The van der Waals surface area contributed by atoms with E-state index in [1.54, 1.807) is 12.1 Å². The molecule has 0 aliphatic heterocycles. The number of aromatic nitrogens is 2. The minimum atomic E-state index is -0.370. The van der Waals surface area contributed by atoms with Crippen LogP contribution >= 0.6 is 0 Å². The maximum Gasteiger partial charge on any atom is 0.240 e. The standard InChI is InChI=1S/C16H19FN4O/c1-4-21(10-15-19-16(11(2)3)20-22-15)9-13-6-5-12(8-18)7-14(13)17/h5-7,11H,4,9-10H2,1-3H3. The highest BCUT2D eigenvalue weighted by molar-refractivity contribution is 5.32. The number of nitriles is 1. The van der Waals surface area contributed by atoms with Crippen molar-refractivity contribution in [3.8, 4) is 6.07 Å². The summed E-state index contributed by atoms with van der Waals surface area (Å²) in [5.74, 6) is 1.05. The van der Waals surface area contributed by atoms with Gasteiger partial charge in [0.2, 0.25) is 5.89 Å². The molecule has 0 aliphatic rings. The van der Waals surface area contributed by atoms with Gasteiger partial charge in [-0.3, -0.25) is 4.90 Å². The van der Waals surface area contributed by atoms with Crippen molar-refractivity contribution in [2.45, 2.75) is 39.8 Å². The molecule has 0 bridgehead atoms. The van der Waals surface area contributed by atoms with Crippen LogP contribution in [-0.2, 0) is 13.1 Å². The second kappa shape index (κ2) is 7.14. The van der Waals surface area contributed by atoms with E-state index in [0.29, 0.717) is 35.9 Å². The van der Waals surface area contributed by atoms with Crippen LogP contribution in [0.3, 0.4) is 0 Å². The smallest absolute Gasteiger partial charge is 0.240 e. The van der Waals surface area contributed by atoms with Crippen LogP contribution in [0.2, 0.25) is 0 Å². The molecule has 0 amide bonds. The molecule has 6 heteroatoms. The first kappa shape index (κ1) is 16.1. The summed E-state index contributed by atoms with van der Waals surface area (Å²) in [7, 11) is 0. The molecule has 2 rings (SSSR count). The molecule has 0 fully saturated rings. The number of halogens is 1. The van der Waals surface area contributed by atoms with Crippen molar-refractivity contribution in [1.29, 1.82) is 5.26 Å². The van der Waals surface area contributed by atoms with Crippen LogP contribution < -0.4 is 0 Å². The summed E-state index contributed by atoms with van der Waals surface area (Å²) in [6, 6.07) is 6.45. The van der Waals surface area contributed by atoms with E-state index in [2.05, 4.69) is 10.1 Å². The third kappa shape index (κ3) is 3.89. The summed E-state index contributed by atoms with van der Waals surface area (Å²) in [5.41, 5.74) is 0.868. The summed E-state index contributed by atoms with van der Waals surface area (Å²) in [4.78, 5) is 6.33. The molecular weight excluding hydrogens is 283 g/mol. The van der Waals surface area contributed by atoms with Gasteiger partial charge in [0.15, 0.2) is 5.82 Å². The maximum atomic E-state index is 14.0. The molecule has 0 saturated heterocycles. The van der Waals surface area contributed by atoms with Crippen LogP contribution in [0.1, 0.15) is 49.5 Å². The Morgan fingerprint density at radius 2 is 2.14 bits per heavy atom. The fourth-order valence-electron chi connectivity index (χ4n) is 2.02. The van der Waals surface area contributed by atoms with Crippen molar-refractivity contribution in [3.63, 3.8) is 0 Å². The molecule has 0 radical (unpaired) electrons. The Labute approximate surface area is 129 Å². The average Bonchev–Trinajstić information content (AvgIpc) is 2.97. The second-order valence-electron chi connectivity index (χ2n) is 5.42. The van der Waals surface area contributed by atoms with Crippen molar-refractivity contribution in [1.82, 2.24) is 15.0 Å². The molecule has 5 nitrogen and oxygen atoms in total. The van der Waals surface area contributed by atoms with Gasteiger partial charge in [0.25, 0.3) is 0 Å².